The van der Waals surface area contributed by atoms with Crippen LogP contribution in [0.3, 0.4) is 0 Å². The van der Waals surface area contributed by atoms with Crippen molar-refractivity contribution in [2.45, 2.75) is 25.8 Å². The number of hydrogen-bond donors (Lipinski definition) is 1. The van der Waals surface area contributed by atoms with Crippen LogP contribution in [0.25, 0.3) is 11.3 Å². The summed E-state index contributed by atoms with van der Waals surface area (Å²) in [5.74, 6) is 0.785. The van der Waals surface area contributed by atoms with Crippen molar-refractivity contribution < 1.29 is 13.9 Å². The highest BCUT2D eigenvalue weighted by Gasteiger charge is 2.24. The van der Waals surface area contributed by atoms with Crippen molar-refractivity contribution in [1.82, 2.24) is 9.97 Å². The lowest BCUT2D eigenvalue weighted by molar-refractivity contribution is -0.144. The lowest BCUT2D eigenvalue weighted by Gasteiger charge is -2.19. The highest BCUT2D eigenvalue weighted by atomic mass is 35.5. The Balaban J connectivity index is 1.70. The second-order valence-electron chi connectivity index (χ2n) is 7.42. The van der Waals surface area contributed by atoms with E-state index in [-0.39, 0.29) is 12.6 Å². The van der Waals surface area contributed by atoms with Crippen molar-refractivity contribution >= 4 is 23.4 Å². The predicted octanol–water partition coefficient (Wildman–Crippen LogP) is 5.57. The molecule has 6 nitrogen and oxygen atoms in total. The van der Waals surface area contributed by atoms with Crippen LogP contribution in [0.5, 0.6) is 0 Å². The van der Waals surface area contributed by atoms with E-state index in [1.807, 2.05) is 60.7 Å². The van der Waals surface area contributed by atoms with Gasteiger partial charge in [-0.15, -0.1) is 0 Å². The van der Waals surface area contributed by atoms with E-state index in [0.717, 1.165) is 16.8 Å². The van der Waals surface area contributed by atoms with Crippen LogP contribution in [0, 0.1) is 0 Å². The number of rotatable bonds is 9. The third kappa shape index (κ3) is 5.79. The molecule has 33 heavy (non-hydrogen) atoms. The van der Waals surface area contributed by atoms with Crippen LogP contribution in [0.2, 0.25) is 5.02 Å². The minimum absolute atomic E-state index is 0.278. The van der Waals surface area contributed by atoms with E-state index in [1.54, 1.807) is 25.5 Å². The fourth-order valence-corrected chi connectivity index (χ4v) is 3.68. The summed E-state index contributed by atoms with van der Waals surface area (Å²) in [5, 5.41) is 3.88. The van der Waals surface area contributed by atoms with Gasteiger partial charge >= 0.3 is 5.97 Å². The Labute approximate surface area is 197 Å². The number of furan rings is 1. The number of esters is 1. The minimum Gasteiger partial charge on any atom is -0.469 e. The molecular formula is C26H24ClN3O3. The molecule has 0 fully saturated rings. The molecule has 2 heterocycles. The van der Waals surface area contributed by atoms with Gasteiger partial charge in [0, 0.05) is 23.4 Å². The maximum absolute atomic E-state index is 12.7. The largest absolute Gasteiger partial charge is 0.469 e. The van der Waals surface area contributed by atoms with Crippen molar-refractivity contribution in [3.05, 3.63) is 101 Å². The molecule has 0 saturated carbocycles. The van der Waals surface area contributed by atoms with E-state index >= 15 is 0 Å². The molecule has 0 aliphatic carbocycles. The van der Waals surface area contributed by atoms with Gasteiger partial charge in [0.05, 0.1) is 30.5 Å². The summed E-state index contributed by atoms with van der Waals surface area (Å²) in [6.07, 6.45) is 4.04. The summed E-state index contributed by atoms with van der Waals surface area (Å²) < 4.78 is 10.7. The number of hydrogen-bond acceptors (Lipinski definition) is 6. The first-order chi connectivity index (χ1) is 16.1. The molecule has 7 heteroatoms. The topological polar surface area (TPSA) is 77.2 Å². The number of halogens is 1. The van der Waals surface area contributed by atoms with Crippen LogP contribution in [0.1, 0.15) is 23.9 Å². The molecule has 0 aliphatic heterocycles. The number of anilines is 1. The van der Waals surface area contributed by atoms with E-state index in [2.05, 4.69) is 10.3 Å². The monoisotopic (exact) mass is 461 g/mol. The zero-order valence-electron chi connectivity index (χ0n) is 18.2. The number of benzene rings is 2. The normalized spacial score (nSPS) is 11.7. The lowest BCUT2D eigenvalue weighted by Crippen LogP contribution is -2.34. The fraction of sp³-hybridized carbons (Fsp3) is 0.192. The summed E-state index contributed by atoms with van der Waals surface area (Å²) in [4.78, 5) is 22.2. The number of nitrogens with one attached hydrogen (secondary N) is 1. The molecule has 4 rings (SSSR count). The predicted molar refractivity (Wildman–Crippen MR) is 128 cm³/mol. The van der Waals surface area contributed by atoms with E-state index in [0.29, 0.717) is 35.1 Å². The number of carbonyl (C=O) groups is 1. The highest BCUT2D eigenvalue weighted by Crippen LogP contribution is 2.25. The quantitative estimate of drug-likeness (QED) is 0.328. The smallest absolute Gasteiger partial charge is 0.329 e. The van der Waals surface area contributed by atoms with Crippen molar-refractivity contribution in [2.24, 2.45) is 0 Å². The first kappa shape index (κ1) is 22.6. The molecule has 0 bridgehead atoms. The first-order valence-corrected chi connectivity index (χ1v) is 11.1. The van der Waals surface area contributed by atoms with Crippen molar-refractivity contribution in [3.63, 3.8) is 0 Å². The SMILES string of the molecule is CCOC(=O)C(Cc1ccco1)Nc1ncc(-c2ccccc2)nc1Cc1ccccc1Cl. The van der Waals surface area contributed by atoms with Gasteiger partial charge in [-0.05, 0) is 30.7 Å². The average molecular weight is 462 g/mol. The zero-order valence-corrected chi connectivity index (χ0v) is 19.0. The summed E-state index contributed by atoms with van der Waals surface area (Å²) in [5.41, 5.74) is 3.29. The van der Waals surface area contributed by atoms with E-state index < -0.39 is 6.04 Å². The van der Waals surface area contributed by atoms with Gasteiger partial charge in [0.15, 0.2) is 0 Å². The van der Waals surface area contributed by atoms with Crippen molar-refractivity contribution in [3.8, 4) is 11.3 Å². The molecule has 0 radical (unpaired) electrons. The van der Waals surface area contributed by atoms with Crippen LogP contribution < -0.4 is 5.32 Å². The van der Waals surface area contributed by atoms with Gasteiger partial charge in [-0.1, -0.05) is 60.1 Å². The Bertz CT molecular complexity index is 1200. The second-order valence-corrected chi connectivity index (χ2v) is 7.82. The van der Waals surface area contributed by atoms with Crippen LogP contribution >= 0.6 is 11.6 Å². The van der Waals surface area contributed by atoms with Crippen LogP contribution in [0.15, 0.2) is 83.6 Å². The van der Waals surface area contributed by atoms with Gasteiger partial charge in [0.1, 0.15) is 17.6 Å². The summed E-state index contributed by atoms with van der Waals surface area (Å²) in [6, 6.07) is 20.4. The molecule has 168 valence electrons. The van der Waals surface area contributed by atoms with Crippen molar-refractivity contribution in [1.29, 1.82) is 0 Å². The molecule has 1 N–H and O–H groups in total. The van der Waals surface area contributed by atoms with E-state index in [4.69, 9.17) is 25.7 Å². The van der Waals surface area contributed by atoms with E-state index in [9.17, 15) is 4.79 Å². The standard InChI is InChI=1S/C26H24ClN3O3/c1-2-32-26(31)23(16-20-12-8-14-33-20)30-25-22(15-19-11-6-7-13-21(19)27)29-24(17-28-25)18-9-4-3-5-10-18/h3-14,17,23H,2,15-16H2,1H3,(H,28,30). The number of carbonyl (C=O) groups excluding carboxylic acids is 1. The first-order valence-electron chi connectivity index (χ1n) is 10.7. The van der Waals surface area contributed by atoms with Crippen LogP contribution in [0.4, 0.5) is 5.82 Å². The molecule has 1 atom stereocenters. The Morgan fingerprint density at radius 2 is 1.88 bits per heavy atom. The maximum Gasteiger partial charge on any atom is 0.329 e. The molecule has 1 unspecified atom stereocenters. The zero-order chi connectivity index (χ0) is 23.0. The average Bonchev–Trinajstić information content (AvgIpc) is 3.35. The third-order valence-corrected chi connectivity index (χ3v) is 5.47. The van der Waals surface area contributed by atoms with E-state index in [1.165, 1.54) is 0 Å². The Kier molecular flexibility index (Phi) is 7.37. The Hall–Kier alpha value is -3.64. The molecule has 0 aliphatic rings. The Morgan fingerprint density at radius 3 is 2.61 bits per heavy atom. The van der Waals surface area contributed by atoms with Gasteiger partial charge in [0.25, 0.3) is 0 Å². The number of nitrogens with zero attached hydrogens (tertiary/aromatic N) is 2. The lowest BCUT2D eigenvalue weighted by atomic mass is 10.1. The van der Waals surface area contributed by atoms with Gasteiger partial charge in [-0.2, -0.15) is 0 Å². The molecule has 2 aromatic carbocycles. The van der Waals surface area contributed by atoms with Crippen molar-refractivity contribution in [2.75, 3.05) is 11.9 Å². The van der Waals surface area contributed by atoms with Crippen LogP contribution in [-0.2, 0) is 22.4 Å². The summed E-state index contributed by atoms with van der Waals surface area (Å²) >= 11 is 6.42. The summed E-state index contributed by atoms with van der Waals surface area (Å²) in [7, 11) is 0. The fourth-order valence-electron chi connectivity index (χ4n) is 3.47. The van der Waals surface area contributed by atoms with Gasteiger partial charge < -0.3 is 14.5 Å². The molecule has 4 aromatic rings. The van der Waals surface area contributed by atoms with Gasteiger partial charge in [-0.25, -0.2) is 14.8 Å². The molecule has 0 amide bonds. The second kappa shape index (κ2) is 10.8. The van der Waals surface area contributed by atoms with Gasteiger partial charge in [0.2, 0.25) is 0 Å². The molecule has 2 aromatic heterocycles. The maximum atomic E-state index is 12.7. The van der Waals surface area contributed by atoms with Crippen LogP contribution in [-0.4, -0.2) is 28.6 Å². The van der Waals surface area contributed by atoms with Gasteiger partial charge in [-0.3, -0.25) is 0 Å². The molecule has 0 saturated heterocycles. The summed E-state index contributed by atoms with van der Waals surface area (Å²) in [6.45, 7) is 2.05. The Morgan fingerprint density at radius 1 is 1.09 bits per heavy atom. The highest BCUT2D eigenvalue weighted by molar-refractivity contribution is 6.31. The number of ether oxygens (including phenoxy) is 1. The number of aromatic nitrogens is 2. The third-order valence-electron chi connectivity index (χ3n) is 5.10. The molecular weight excluding hydrogens is 438 g/mol. The minimum atomic E-state index is -0.682. The molecule has 0 spiro atoms.